The van der Waals surface area contributed by atoms with Crippen molar-refractivity contribution in [2.45, 2.75) is 20.5 Å². The molecular formula is C26H24N4O5. The first-order chi connectivity index (χ1) is 17.0. The van der Waals surface area contributed by atoms with Crippen molar-refractivity contribution in [1.29, 1.82) is 5.26 Å². The molecule has 0 saturated carbocycles. The number of furan rings is 2. The molecule has 1 fully saturated rings. The first-order valence-corrected chi connectivity index (χ1v) is 11.3. The molecule has 4 heterocycles. The maximum absolute atomic E-state index is 12.5. The van der Waals surface area contributed by atoms with E-state index in [-0.39, 0.29) is 24.1 Å². The lowest BCUT2D eigenvalue weighted by Gasteiger charge is -2.34. The van der Waals surface area contributed by atoms with Crippen LogP contribution < -0.4 is 9.64 Å². The van der Waals surface area contributed by atoms with E-state index in [1.165, 1.54) is 11.8 Å². The van der Waals surface area contributed by atoms with Crippen molar-refractivity contribution in [2.75, 3.05) is 31.1 Å². The number of ether oxygens (including phenoxy) is 1. The van der Waals surface area contributed by atoms with Gasteiger partial charge < -0.3 is 27.8 Å². The molecule has 0 atom stereocenters. The first-order valence-electron chi connectivity index (χ1n) is 11.3. The standard InChI is InChI=1S/C26H24N4O5/c1-17-5-6-19(14-18(17)2)33-16-20-7-8-22(34-20)24-28-21(15-27)26(35-24)30-11-9-29(10-12-30)25(31)23-4-3-13-32-23/h3-8,13-14H,9-12,16H2,1-2H3. The van der Waals surface area contributed by atoms with Gasteiger partial charge in [-0.15, -0.1) is 0 Å². The number of aromatic nitrogens is 1. The fraction of sp³-hybridized carbons (Fsp3) is 0.269. The summed E-state index contributed by atoms with van der Waals surface area (Å²) in [6.07, 6.45) is 1.48. The second kappa shape index (κ2) is 9.43. The number of aryl methyl sites for hydroxylation is 2. The second-order valence-electron chi connectivity index (χ2n) is 8.34. The van der Waals surface area contributed by atoms with Gasteiger partial charge in [0.05, 0.1) is 6.26 Å². The minimum absolute atomic E-state index is 0.153. The molecule has 1 amide bonds. The van der Waals surface area contributed by atoms with Gasteiger partial charge in [0.2, 0.25) is 11.6 Å². The van der Waals surface area contributed by atoms with Crippen LogP contribution in [0.3, 0.4) is 0 Å². The molecule has 9 nitrogen and oxygen atoms in total. The number of hydrogen-bond donors (Lipinski definition) is 0. The van der Waals surface area contributed by atoms with Gasteiger partial charge in [0.1, 0.15) is 24.2 Å². The number of carbonyl (C=O) groups is 1. The van der Waals surface area contributed by atoms with Gasteiger partial charge in [0.25, 0.3) is 11.8 Å². The van der Waals surface area contributed by atoms with Crippen molar-refractivity contribution in [3.63, 3.8) is 0 Å². The molecule has 4 aromatic rings. The highest BCUT2D eigenvalue weighted by atomic mass is 16.5. The molecule has 35 heavy (non-hydrogen) atoms. The molecule has 0 aliphatic carbocycles. The van der Waals surface area contributed by atoms with Gasteiger partial charge in [-0.3, -0.25) is 4.79 Å². The van der Waals surface area contributed by atoms with Gasteiger partial charge in [-0.25, -0.2) is 0 Å². The van der Waals surface area contributed by atoms with Crippen LogP contribution in [-0.2, 0) is 6.61 Å². The van der Waals surface area contributed by atoms with E-state index in [4.69, 9.17) is 18.0 Å². The van der Waals surface area contributed by atoms with Crippen LogP contribution in [0.15, 0.2) is 62.0 Å². The Morgan fingerprint density at radius 1 is 1.09 bits per heavy atom. The van der Waals surface area contributed by atoms with Crippen LogP contribution >= 0.6 is 0 Å². The van der Waals surface area contributed by atoms with Crippen LogP contribution in [0.1, 0.15) is 33.1 Å². The van der Waals surface area contributed by atoms with Crippen LogP contribution in [0, 0.1) is 25.2 Å². The number of carbonyl (C=O) groups excluding carboxylic acids is 1. The summed E-state index contributed by atoms with van der Waals surface area (Å²) in [5, 5.41) is 9.61. The summed E-state index contributed by atoms with van der Waals surface area (Å²) >= 11 is 0. The molecule has 178 valence electrons. The average Bonchev–Trinajstić information content (AvgIpc) is 3.65. The highest BCUT2D eigenvalue weighted by molar-refractivity contribution is 5.91. The Bertz CT molecular complexity index is 1370. The third kappa shape index (κ3) is 4.64. The number of nitrogens with zero attached hydrogens (tertiary/aromatic N) is 4. The second-order valence-corrected chi connectivity index (χ2v) is 8.34. The maximum Gasteiger partial charge on any atom is 0.289 e. The molecule has 1 aromatic carbocycles. The van der Waals surface area contributed by atoms with Gasteiger partial charge in [-0.1, -0.05) is 6.07 Å². The molecule has 0 unspecified atom stereocenters. The van der Waals surface area contributed by atoms with E-state index >= 15 is 0 Å². The normalized spacial score (nSPS) is 13.6. The van der Waals surface area contributed by atoms with E-state index < -0.39 is 0 Å². The smallest absolute Gasteiger partial charge is 0.289 e. The molecule has 0 radical (unpaired) electrons. The summed E-state index contributed by atoms with van der Waals surface area (Å²) in [6.45, 7) is 6.30. The number of rotatable bonds is 6. The predicted molar refractivity (Wildman–Crippen MR) is 126 cm³/mol. The Kier molecular flexibility index (Phi) is 6.02. The summed E-state index contributed by atoms with van der Waals surface area (Å²) in [5.74, 6) is 2.55. The summed E-state index contributed by atoms with van der Waals surface area (Å²) in [6, 6.07) is 14.9. The van der Waals surface area contributed by atoms with Crippen molar-refractivity contribution in [1.82, 2.24) is 9.88 Å². The van der Waals surface area contributed by atoms with E-state index in [0.717, 1.165) is 11.3 Å². The number of hydrogen-bond acceptors (Lipinski definition) is 8. The molecule has 1 saturated heterocycles. The summed E-state index contributed by atoms with van der Waals surface area (Å²) < 4.78 is 22.8. The Labute approximate surface area is 202 Å². The zero-order valence-electron chi connectivity index (χ0n) is 19.5. The number of amides is 1. The number of oxazole rings is 1. The average molecular weight is 473 g/mol. The Hall–Kier alpha value is -4.45. The monoisotopic (exact) mass is 472 g/mol. The fourth-order valence-electron chi connectivity index (χ4n) is 3.90. The van der Waals surface area contributed by atoms with Gasteiger partial charge in [0.15, 0.2) is 11.5 Å². The molecule has 9 heteroatoms. The summed E-state index contributed by atoms with van der Waals surface area (Å²) in [4.78, 5) is 20.4. The zero-order valence-corrected chi connectivity index (χ0v) is 19.5. The topological polar surface area (TPSA) is 109 Å². The third-order valence-electron chi connectivity index (χ3n) is 6.03. The number of benzene rings is 1. The SMILES string of the molecule is Cc1ccc(OCc2ccc(-c3nc(C#N)c(N4CCN(C(=O)c5ccco5)CC4)o3)o2)cc1C. The van der Waals surface area contributed by atoms with Crippen molar-refractivity contribution in [3.8, 4) is 23.5 Å². The van der Waals surface area contributed by atoms with Gasteiger partial charge in [-0.2, -0.15) is 10.2 Å². The van der Waals surface area contributed by atoms with E-state index in [1.807, 2.05) is 30.0 Å². The molecule has 0 N–H and O–H groups in total. The predicted octanol–water partition coefficient (Wildman–Crippen LogP) is 4.56. The Balaban J connectivity index is 1.25. The minimum Gasteiger partial charge on any atom is -0.486 e. The maximum atomic E-state index is 12.5. The van der Waals surface area contributed by atoms with Crippen molar-refractivity contribution < 1.29 is 22.8 Å². The van der Waals surface area contributed by atoms with Crippen molar-refractivity contribution in [3.05, 3.63) is 77.1 Å². The molecule has 3 aromatic heterocycles. The summed E-state index contributed by atoms with van der Waals surface area (Å²) in [7, 11) is 0. The zero-order chi connectivity index (χ0) is 24.4. The summed E-state index contributed by atoms with van der Waals surface area (Å²) in [5.41, 5.74) is 2.54. The van der Waals surface area contributed by atoms with Crippen LogP contribution in [-0.4, -0.2) is 42.0 Å². The van der Waals surface area contributed by atoms with E-state index in [2.05, 4.69) is 18.0 Å². The number of piperazine rings is 1. The third-order valence-corrected chi connectivity index (χ3v) is 6.03. The van der Waals surface area contributed by atoms with Gasteiger partial charge in [-0.05, 0) is 61.4 Å². The largest absolute Gasteiger partial charge is 0.486 e. The lowest BCUT2D eigenvalue weighted by Crippen LogP contribution is -2.48. The molecule has 1 aliphatic rings. The van der Waals surface area contributed by atoms with E-state index in [0.29, 0.717) is 49.3 Å². The molecule has 5 rings (SSSR count). The van der Waals surface area contributed by atoms with Gasteiger partial charge in [0, 0.05) is 26.2 Å². The molecule has 0 bridgehead atoms. The van der Waals surface area contributed by atoms with Crippen molar-refractivity contribution in [2.24, 2.45) is 0 Å². The highest BCUT2D eigenvalue weighted by Gasteiger charge is 2.28. The van der Waals surface area contributed by atoms with Gasteiger partial charge >= 0.3 is 0 Å². The Morgan fingerprint density at radius 3 is 2.63 bits per heavy atom. The number of anilines is 1. The first kappa shape index (κ1) is 22.3. The Morgan fingerprint density at radius 2 is 1.91 bits per heavy atom. The van der Waals surface area contributed by atoms with Crippen LogP contribution in [0.2, 0.25) is 0 Å². The fourth-order valence-corrected chi connectivity index (χ4v) is 3.90. The minimum atomic E-state index is -0.153. The number of nitriles is 1. The van der Waals surface area contributed by atoms with Crippen LogP contribution in [0.25, 0.3) is 11.7 Å². The van der Waals surface area contributed by atoms with E-state index in [9.17, 15) is 10.1 Å². The van der Waals surface area contributed by atoms with E-state index in [1.54, 1.807) is 29.2 Å². The lowest BCUT2D eigenvalue weighted by atomic mass is 10.1. The molecule has 0 spiro atoms. The quantitative estimate of drug-likeness (QED) is 0.402. The lowest BCUT2D eigenvalue weighted by molar-refractivity contribution is 0.0713. The molecular weight excluding hydrogens is 448 g/mol. The van der Waals surface area contributed by atoms with Crippen LogP contribution in [0.4, 0.5) is 5.88 Å². The van der Waals surface area contributed by atoms with Crippen molar-refractivity contribution >= 4 is 11.8 Å². The highest BCUT2D eigenvalue weighted by Crippen LogP contribution is 2.30. The van der Waals surface area contributed by atoms with Crippen LogP contribution in [0.5, 0.6) is 5.75 Å². The molecule has 1 aliphatic heterocycles.